The number of para-hydroxylation sites is 1. The molecule has 3 rings (SSSR count). The molecule has 1 aromatic carbocycles. The molecule has 1 atom stereocenters. The normalized spacial score (nSPS) is 18.8. The second-order valence-electron chi connectivity index (χ2n) is 5.56. The van der Waals surface area contributed by atoms with Crippen LogP contribution in [-0.2, 0) is 4.74 Å². The molecular formula is C16H19ClN4O2. The zero-order valence-electron chi connectivity index (χ0n) is 12.9. The first-order chi connectivity index (χ1) is 11.1. The van der Waals surface area contributed by atoms with Crippen LogP contribution in [0.15, 0.2) is 41.3 Å². The molecule has 0 aliphatic carbocycles. The van der Waals surface area contributed by atoms with Gasteiger partial charge in [-0.1, -0.05) is 29.8 Å². The molecule has 0 saturated carbocycles. The first-order valence-corrected chi connectivity index (χ1v) is 7.90. The van der Waals surface area contributed by atoms with Crippen molar-refractivity contribution in [2.24, 2.45) is 0 Å². The summed E-state index contributed by atoms with van der Waals surface area (Å²) in [4.78, 5) is 14.6. The summed E-state index contributed by atoms with van der Waals surface area (Å²) in [6, 6.07) is 9.20. The number of nitrogens with one attached hydrogen (secondary N) is 1. The molecule has 23 heavy (non-hydrogen) atoms. The highest BCUT2D eigenvalue weighted by Gasteiger charge is 2.18. The van der Waals surface area contributed by atoms with Gasteiger partial charge in [0.2, 0.25) is 0 Å². The quantitative estimate of drug-likeness (QED) is 0.921. The summed E-state index contributed by atoms with van der Waals surface area (Å²) in [5, 5.41) is 7.49. The Bertz CT molecular complexity index is 720. The number of hydrogen-bond acceptors (Lipinski definition) is 5. The lowest BCUT2D eigenvalue weighted by molar-refractivity contribution is -0.0117. The highest BCUT2D eigenvalue weighted by atomic mass is 35.5. The number of hydrogen-bond donors (Lipinski definition) is 1. The summed E-state index contributed by atoms with van der Waals surface area (Å²) in [6.45, 7) is 3.08. The zero-order valence-corrected chi connectivity index (χ0v) is 13.7. The van der Waals surface area contributed by atoms with Crippen molar-refractivity contribution in [3.8, 4) is 5.69 Å². The molecule has 122 valence electrons. The third-order valence-electron chi connectivity index (χ3n) is 3.78. The van der Waals surface area contributed by atoms with E-state index in [0.29, 0.717) is 24.5 Å². The van der Waals surface area contributed by atoms with E-state index >= 15 is 0 Å². The fourth-order valence-corrected chi connectivity index (χ4v) is 2.72. The Morgan fingerprint density at radius 3 is 2.91 bits per heavy atom. The summed E-state index contributed by atoms with van der Waals surface area (Å²) in [5.41, 5.74) is 0.869. The van der Waals surface area contributed by atoms with Crippen molar-refractivity contribution in [2.45, 2.75) is 6.10 Å². The van der Waals surface area contributed by atoms with Crippen LogP contribution in [0.5, 0.6) is 0 Å². The molecule has 0 amide bonds. The summed E-state index contributed by atoms with van der Waals surface area (Å²) < 4.78 is 6.97. The molecule has 1 saturated heterocycles. The van der Waals surface area contributed by atoms with Crippen molar-refractivity contribution in [1.29, 1.82) is 0 Å². The standard InChI is InChI=1S/C16H19ClN4O2/c1-20-7-8-23-13(11-20)9-18-14-10-19-21(16(22)15(14)17)12-5-3-2-4-6-12/h2-6,10,13,18H,7-9,11H2,1H3. The lowest BCUT2D eigenvalue weighted by Gasteiger charge is -2.30. The highest BCUT2D eigenvalue weighted by Crippen LogP contribution is 2.17. The van der Waals surface area contributed by atoms with Crippen LogP contribution in [0.4, 0.5) is 5.69 Å². The maximum absolute atomic E-state index is 12.4. The van der Waals surface area contributed by atoms with Crippen molar-refractivity contribution in [1.82, 2.24) is 14.7 Å². The number of aromatic nitrogens is 2. The largest absolute Gasteiger partial charge is 0.380 e. The zero-order chi connectivity index (χ0) is 16.2. The third kappa shape index (κ3) is 3.72. The van der Waals surface area contributed by atoms with Crippen LogP contribution in [0.2, 0.25) is 5.02 Å². The van der Waals surface area contributed by atoms with Crippen molar-refractivity contribution in [2.75, 3.05) is 38.6 Å². The van der Waals surface area contributed by atoms with Gasteiger partial charge in [0, 0.05) is 19.6 Å². The van der Waals surface area contributed by atoms with Crippen molar-refractivity contribution in [3.05, 3.63) is 51.9 Å². The van der Waals surface area contributed by atoms with Crippen LogP contribution in [0.1, 0.15) is 0 Å². The molecule has 1 fully saturated rings. The molecule has 1 aliphatic heterocycles. The minimum absolute atomic E-state index is 0.0707. The average Bonchev–Trinajstić information content (AvgIpc) is 2.57. The second kappa shape index (κ2) is 7.12. The Morgan fingerprint density at radius 1 is 1.39 bits per heavy atom. The minimum atomic E-state index is -0.343. The Kier molecular flexibility index (Phi) is 4.95. The van der Waals surface area contributed by atoms with Gasteiger partial charge in [-0.3, -0.25) is 4.79 Å². The van der Waals surface area contributed by atoms with Crippen LogP contribution in [0.3, 0.4) is 0 Å². The topological polar surface area (TPSA) is 59.4 Å². The maximum atomic E-state index is 12.4. The van der Waals surface area contributed by atoms with Crippen LogP contribution < -0.4 is 10.9 Å². The molecule has 7 heteroatoms. The number of rotatable bonds is 4. The lowest BCUT2D eigenvalue weighted by atomic mass is 10.2. The van der Waals surface area contributed by atoms with Gasteiger partial charge in [0.1, 0.15) is 5.02 Å². The van der Waals surface area contributed by atoms with Crippen LogP contribution in [0.25, 0.3) is 5.69 Å². The fourth-order valence-electron chi connectivity index (χ4n) is 2.52. The van der Waals surface area contributed by atoms with E-state index in [1.807, 2.05) is 30.3 Å². The van der Waals surface area contributed by atoms with E-state index in [-0.39, 0.29) is 16.7 Å². The Hall–Kier alpha value is -1.89. The van der Waals surface area contributed by atoms with Crippen molar-refractivity contribution in [3.63, 3.8) is 0 Å². The number of ether oxygens (including phenoxy) is 1. The van der Waals surface area contributed by atoms with Crippen LogP contribution in [-0.4, -0.2) is 54.1 Å². The monoisotopic (exact) mass is 334 g/mol. The number of morpholine rings is 1. The van der Waals surface area contributed by atoms with Crippen LogP contribution in [0, 0.1) is 0 Å². The molecule has 1 unspecified atom stereocenters. The minimum Gasteiger partial charge on any atom is -0.380 e. The van der Waals surface area contributed by atoms with Gasteiger partial charge in [-0.2, -0.15) is 9.78 Å². The van der Waals surface area contributed by atoms with E-state index in [9.17, 15) is 4.79 Å². The number of anilines is 1. The van der Waals surface area contributed by atoms with Crippen LogP contribution >= 0.6 is 11.6 Å². The molecule has 0 radical (unpaired) electrons. The van der Waals surface area contributed by atoms with Gasteiger partial charge in [-0.25, -0.2) is 0 Å². The Labute approximate surface area is 139 Å². The van der Waals surface area contributed by atoms with Gasteiger partial charge in [0.05, 0.1) is 30.3 Å². The number of nitrogens with zero attached hydrogens (tertiary/aromatic N) is 3. The average molecular weight is 335 g/mol. The van der Waals surface area contributed by atoms with Crippen molar-refractivity contribution < 1.29 is 4.74 Å². The van der Waals surface area contributed by atoms with E-state index in [0.717, 1.165) is 13.1 Å². The van der Waals surface area contributed by atoms with E-state index in [2.05, 4.69) is 22.4 Å². The van der Waals surface area contributed by atoms with Crippen molar-refractivity contribution >= 4 is 17.3 Å². The Balaban J connectivity index is 1.74. The number of benzene rings is 1. The van der Waals surface area contributed by atoms with E-state index in [1.54, 1.807) is 6.20 Å². The van der Waals surface area contributed by atoms with Gasteiger partial charge >= 0.3 is 0 Å². The molecule has 2 heterocycles. The molecule has 2 aromatic rings. The van der Waals surface area contributed by atoms with Gasteiger partial charge in [-0.05, 0) is 19.2 Å². The summed E-state index contributed by atoms with van der Waals surface area (Å²) in [6.07, 6.45) is 1.64. The molecule has 6 nitrogen and oxygen atoms in total. The first-order valence-electron chi connectivity index (χ1n) is 7.52. The highest BCUT2D eigenvalue weighted by molar-refractivity contribution is 6.32. The first kappa shape index (κ1) is 16.0. The maximum Gasteiger partial charge on any atom is 0.292 e. The van der Waals surface area contributed by atoms with E-state index in [1.165, 1.54) is 4.68 Å². The van der Waals surface area contributed by atoms with Gasteiger partial charge in [0.25, 0.3) is 5.56 Å². The smallest absolute Gasteiger partial charge is 0.292 e. The van der Waals surface area contributed by atoms with E-state index in [4.69, 9.17) is 16.3 Å². The third-order valence-corrected chi connectivity index (χ3v) is 4.15. The fraction of sp³-hybridized carbons (Fsp3) is 0.375. The van der Waals surface area contributed by atoms with E-state index < -0.39 is 0 Å². The second-order valence-corrected chi connectivity index (χ2v) is 5.94. The Morgan fingerprint density at radius 2 is 2.17 bits per heavy atom. The molecule has 0 spiro atoms. The summed E-state index contributed by atoms with van der Waals surface area (Å²) in [5.74, 6) is 0. The van der Waals surface area contributed by atoms with Gasteiger partial charge in [-0.15, -0.1) is 0 Å². The molecule has 1 aromatic heterocycles. The molecule has 0 bridgehead atoms. The molecule has 1 aliphatic rings. The predicted molar refractivity (Wildman–Crippen MR) is 90.6 cm³/mol. The summed E-state index contributed by atoms with van der Waals surface area (Å²) >= 11 is 6.21. The predicted octanol–water partition coefficient (Wildman–Crippen LogP) is 1.63. The van der Waals surface area contributed by atoms with Gasteiger partial charge < -0.3 is 15.0 Å². The van der Waals surface area contributed by atoms with Gasteiger partial charge in [0.15, 0.2) is 0 Å². The molecule has 1 N–H and O–H groups in total. The summed E-state index contributed by atoms with van der Waals surface area (Å²) in [7, 11) is 2.06. The SMILES string of the molecule is CN1CCOC(CNc2cnn(-c3ccccc3)c(=O)c2Cl)C1. The molecular weight excluding hydrogens is 316 g/mol. The number of halogens is 1. The number of likely N-dealkylation sites (N-methyl/N-ethyl adjacent to an activating group) is 1. The lowest BCUT2D eigenvalue weighted by Crippen LogP contribution is -2.43.